The molecule has 1 unspecified atom stereocenters. The number of carbonyl (C=O) groups is 1. The largest absolute Gasteiger partial charge is 0.347 e. The Kier molecular flexibility index (Phi) is 4.66. The van der Waals surface area contributed by atoms with Crippen molar-refractivity contribution < 1.29 is 18.7 Å². The maximum Gasteiger partial charge on any atom is 0.219 e. The number of halogens is 1. The Morgan fingerprint density at radius 1 is 1.43 bits per heavy atom. The van der Waals surface area contributed by atoms with Crippen LogP contribution in [0.2, 0.25) is 0 Å². The number of nitrogens with zero attached hydrogens (tertiary/aromatic N) is 1. The number of amides is 1. The van der Waals surface area contributed by atoms with Crippen LogP contribution in [-0.4, -0.2) is 42.9 Å². The number of benzene rings is 1. The lowest BCUT2D eigenvalue weighted by atomic mass is 9.99. The normalized spacial score (nSPS) is 23.4. The number of hydrogen-bond acceptors (Lipinski definition) is 4. The molecule has 23 heavy (non-hydrogen) atoms. The molecule has 0 aliphatic carbocycles. The molecule has 1 amide bonds. The van der Waals surface area contributed by atoms with Gasteiger partial charge in [-0.3, -0.25) is 4.79 Å². The van der Waals surface area contributed by atoms with Crippen LogP contribution in [-0.2, 0) is 20.8 Å². The fourth-order valence-electron chi connectivity index (χ4n) is 3.22. The lowest BCUT2D eigenvalue weighted by Gasteiger charge is -2.27. The zero-order chi connectivity index (χ0) is 16.4. The predicted molar refractivity (Wildman–Crippen MR) is 83.2 cm³/mol. The standard InChI is InChI=1S/C17H23FN2O3/c1-12(21)20-6-5-16(19-11-17(2)22-7-8-23-17)15-4-3-14(18)9-13(15)10-20/h3-4,9,16,19H,5-8,10-11H2,1-2H3. The Morgan fingerprint density at radius 3 is 2.87 bits per heavy atom. The summed E-state index contributed by atoms with van der Waals surface area (Å²) >= 11 is 0. The highest BCUT2D eigenvalue weighted by Crippen LogP contribution is 2.28. The number of rotatable bonds is 3. The molecule has 1 N–H and O–H groups in total. The van der Waals surface area contributed by atoms with Crippen LogP contribution in [0.25, 0.3) is 0 Å². The number of hydrogen-bond donors (Lipinski definition) is 1. The first-order chi connectivity index (χ1) is 11.0. The second kappa shape index (κ2) is 6.55. The van der Waals surface area contributed by atoms with Crippen molar-refractivity contribution in [1.29, 1.82) is 0 Å². The summed E-state index contributed by atoms with van der Waals surface area (Å²) in [6.07, 6.45) is 0.772. The SMILES string of the molecule is CC(=O)N1CCC(NCC2(C)OCCO2)c2ccc(F)cc2C1. The maximum atomic E-state index is 13.6. The number of nitrogens with one attached hydrogen (secondary N) is 1. The quantitative estimate of drug-likeness (QED) is 0.924. The zero-order valence-electron chi connectivity index (χ0n) is 13.6. The minimum Gasteiger partial charge on any atom is -0.347 e. The van der Waals surface area contributed by atoms with Crippen LogP contribution in [0, 0.1) is 5.82 Å². The molecule has 0 spiro atoms. The van der Waals surface area contributed by atoms with Crippen LogP contribution >= 0.6 is 0 Å². The van der Waals surface area contributed by atoms with Crippen molar-refractivity contribution >= 4 is 5.91 Å². The molecule has 1 fully saturated rings. The van der Waals surface area contributed by atoms with E-state index in [0.717, 1.165) is 17.5 Å². The third kappa shape index (κ3) is 3.71. The van der Waals surface area contributed by atoms with Crippen LogP contribution in [0.3, 0.4) is 0 Å². The first-order valence-corrected chi connectivity index (χ1v) is 8.02. The van der Waals surface area contributed by atoms with E-state index in [1.807, 2.05) is 13.0 Å². The second-order valence-electron chi connectivity index (χ2n) is 6.34. The summed E-state index contributed by atoms with van der Waals surface area (Å²) in [6.45, 7) is 6.30. The summed E-state index contributed by atoms with van der Waals surface area (Å²) in [5.74, 6) is -0.884. The van der Waals surface area contributed by atoms with Crippen molar-refractivity contribution in [3.8, 4) is 0 Å². The summed E-state index contributed by atoms with van der Waals surface area (Å²) in [5.41, 5.74) is 1.89. The average molecular weight is 322 g/mol. The molecular formula is C17H23FN2O3. The maximum absolute atomic E-state index is 13.6. The molecule has 0 aromatic heterocycles. The molecule has 1 aromatic carbocycles. The Labute approximate surface area is 135 Å². The fourth-order valence-corrected chi connectivity index (χ4v) is 3.22. The molecule has 1 atom stereocenters. The fraction of sp³-hybridized carbons (Fsp3) is 0.588. The summed E-state index contributed by atoms with van der Waals surface area (Å²) in [7, 11) is 0. The molecule has 2 aliphatic rings. The molecular weight excluding hydrogens is 299 g/mol. The van der Waals surface area contributed by atoms with Gasteiger partial charge < -0.3 is 19.7 Å². The molecule has 1 saturated heterocycles. The van der Waals surface area contributed by atoms with Crippen LogP contribution < -0.4 is 5.32 Å². The molecule has 6 heteroatoms. The molecule has 3 rings (SSSR count). The van der Waals surface area contributed by atoms with Gasteiger partial charge in [-0.05, 0) is 36.6 Å². The van der Waals surface area contributed by atoms with E-state index in [-0.39, 0.29) is 17.8 Å². The lowest BCUT2D eigenvalue weighted by molar-refractivity contribution is -0.139. The Bertz CT molecular complexity index is 587. The first-order valence-electron chi connectivity index (χ1n) is 8.02. The third-order valence-electron chi connectivity index (χ3n) is 4.54. The molecule has 0 saturated carbocycles. The van der Waals surface area contributed by atoms with Crippen LogP contribution in [0.15, 0.2) is 18.2 Å². The van der Waals surface area contributed by atoms with Crippen LogP contribution in [0.1, 0.15) is 37.4 Å². The molecule has 2 heterocycles. The molecule has 1 aromatic rings. The van der Waals surface area contributed by atoms with E-state index in [2.05, 4.69) is 5.32 Å². The van der Waals surface area contributed by atoms with E-state index < -0.39 is 5.79 Å². The molecule has 0 bridgehead atoms. The molecule has 0 radical (unpaired) electrons. The number of fused-ring (bicyclic) bond motifs is 1. The molecule has 126 valence electrons. The lowest BCUT2D eigenvalue weighted by Crippen LogP contribution is -2.40. The minimum absolute atomic E-state index is 0.00952. The zero-order valence-corrected chi connectivity index (χ0v) is 13.6. The highest BCUT2D eigenvalue weighted by molar-refractivity contribution is 5.73. The van der Waals surface area contributed by atoms with Gasteiger partial charge in [0.2, 0.25) is 5.91 Å². The van der Waals surface area contributed by atoms with Crippen LogP contribution in [0.5, 0.6) is 0 Å². The molecule has 5 nitrogen and oxygen atoms in total. The van der Waals surface area contributed by atoms with Crippen LogP contribution in [0.4, 0.5) is 4.39 Å². The highest BCUT2D eigenvalue weighted by Gasteiger charge is 2.32. The average Bonchev–Trinajstić information content (AvgIpc) is 2.85. The Balaban J connectivity index is 1.79. The van der Waals surface area contributed by atoms with Crippen molar-refractivity contribution in [3.63, 3.8) is 0 Å². The smallest absolute Gasteiger partial charge is 0.219 e. The predicted octanol–water partition coefficient (Wildman–Crippen LogP) is 1.97. The summed E-state index contributed by atoms with van der Waals surface area (Å²) in [6, 6.07) is 4.85. The van der Waals surface area contributed by atoms with E-state index in [0.29, 0.717) is 32.8 Å². The van der Waals surface area contributed by atoms with Gasteiger partial charge in [0.1, 0.15) is 5.82 Å². The summed E-state index contributed by atoms with van der Waals surface area (Å²) in [5, 5.41) is 3.47. The van der Waals surface area contributed by atoms with Crippen molar-refractivity contribution in [2.75, 3.05) is 26.3 Å². The van der Waals surface area contributed by atoms with Gasteiger partial charge in [0.05, 0.1) is 13.2 Å². The van der Waals surface area contributed by atoms with E-state index in [9.17, 15) is 9.18 Å². The number of carbonyl (C=O) groups excluding carboxylic acids is 1. The Hall–Kier alpha value is -1.50. The monoisotopic (exact) mass is 322 g/mol. The van der Waals surface area contributed by atoms with Crippen molar-refractivity contribution in [1.82, 2.24) is 10.2 Å². The van der Waals surface area contributed by atoms with E-state index >= 15 is 0 Å². The van der Waals surface area contributed by atoms with Gasteiger partial charge in [-0.2, -0.15) is 0 Å². The van der Waals surface area contributed by atoms with E-state index in [1.54, 1.807) is 11.8 Å². The summed E-state index contributed by atoms with van der Waals surface area (Å²) < 4.78 is 24.9. The topological polar surface area (TPSA) is 50.8 Å². The Morgan fingerprint density at radius 2 is 2.17 bits per heavy atom. The highest BCUT2D eigenvalue weighted by atomic mass is 19.1. The van der Waals surface area contributed by atoms with Gasteiger partial charge in [0.15, 0.2) is 5.79 Å². The van der Waals surface area contributed by atoms with Crippen molar-refractivity contribution in [2.24, 2.45) is 0 Å². The molecule has 2 aliphatic heterocycles. The number of ether oxygens (including phenoxy) is 2. The van der Waals surface area contributed by atoms with Gasteiger partial charge in [0, 0.05) is 32.6 Å². The summed E-state index contributed by atoms with van der Waals surface area (Å²) in [4.78, 5) is 13.5. The van der Waals surface area contributed by atoms with Gasteiger partial charge >= 0.3 is 0 Å². The van der Waals surface area contributed by atoms with Crippen molar-refractivity contribution in [3.05, 3.63) is 35.1 Å². The van der Waals surface area contributed by atoms with Gasteiger partial charge in [-0.15, -0.1) is 0 Å². The van der Waals surface area contributed by atoms with Gasteiger partial charge in [0.25, 0.3) is 0 Å². The minimum atomic E-state index is -0.618. The van der Waals surface area contributed by atoms with Gasteiger partial charge in [-0.25, -0.2) is 4.39 Å². The third-order valence-corrected chi connectivity index (χ3v) is 4.54. The first kappa shape index (κ1) is 16.4. The van der Waals surface area contributed by atoms with Gasteiger partial charge in [-0.1, -0.05) is 6.07 Å². The second-order valence-corrected chi connectivity index (χ2v) is 6.34. The van der Waals surface area contributed by atoms with E-state index in [1.165, 1.54) is 12.1 Å². The van der Waals surface area contributed by atoms with Crippen molar-refractivity contribution in [2.45, 2.75) is 38.6 Å². The van der Waals surface area contributed by atoms with E-state index in [4.69, 9.17) is 9.47 Å².